The molecule has 0 heterocycles. The summed E-state index contributed by atoms with van der Waals surface area (Å²) in [5.74, 6) is -0.675. The molecule has 0 saturated heterocycles. The van der Waals surface area contributed by atoms with Crippen LogP contribution in [-0.4, -0.2) is 37.7 Å². The van der Waals surface area contributed by atoms with Gasteiger partial charge in [0.25, 0.3) is 5.91 Å². The minimum Gasteiger partial charge on any atom is -0.460 e. The third kappa shape index (κ3) is 7.75. The van der Waals surface area contributed by atoms with Crippen LogP contribution < -0.4 is 10.6 Å². The summed E-state index contributed by atoms with van der Waals surface area (Å²) in [4.78, 5) is 25.0. The van der Waals surface area contributed by atoms with Gasteiger partial charge in [-0.1, -0.05) is 29.8 Å². The van der Waals surface area contributed by atoms with Gasteiger partial charge in [-0.3, -0.25) is 9.59 Å². The zero-order chi connectivity index (χ0) is 21.4. The summed E-state index contributed by atoms with van der Waals surface area (Å²) >= 11 is 6.16. The van der Waals surface area contributed by atoms with Crippen LogP contribution in [0.25, 0.3) is 0 Å². The number of halogens is 1. The Morgan fingerprint density at radius 3 is 2.52 bits per heavy atom. The van der Waals surface area contributed by atoms with Crippen LogP contribution in [-0.2, 0) is 20.7 Å². The van der Waals surface area contributed by atoms with Crippen LogP contribution in [0.1, 0.15) is 36.7 Å². The highest BCUT2D eigenvalue weighted by Crippen LogP contribution is 2.22. The molecule has 2 rings (SSSR count). The first-order valence-corrected chi connectivity index (χ1v) is 9.70. The Hall–Kier alpha value is -2.57. The quantitative estimate of drug-likeness (QED) is 0.486. The Morgan fingerprint density at radius 1 is 1.10 bits per heavy atom. The Morgan fingerprint density at radius 2 is 1.83 bits per heavy atom. The normalized spacial score (nSPS) is 11.1. The van der Waals surface area contributed by atoms with E-state index in [1.54, 1.807) is 43.5 Å². The van der Waals surface area contributed by atoms with Crippen LogP contribution in [0.2, 0.25) is 5.02 Å². The standard InChI is InChI=1S/C22H27ClN2O4/c1-22(2,3)29-20(26)13-15-7-5-6-8-19(15)25-21(27)16-11-17(23)14-18(12-16)24-9-10-28-4/h5-8,11-12,14,24H,9-10,13H2,1-4H3,(H,25,27). The summed E-state index contributed by atoms with van der Waals surface area (Å²) in [7, 11) is 1.62. The monoisotopic (exact) mass is 418 g/mol. The van der Waals surface area contributed by atoms with Crippen LogP contribution in [0.15, 0.2) is 42.5 Å². The van der Waals surface area contributed by atoms with Crippen molar-refractivity contribution in [3.05, 3.63) is 58.6 Å². The average Bonchev–Trinajstić information content (AvgIpc) is 2.61. The van der Waals surface area contributed by atoms with Gasteiger partial charge in [-0.25, -0.2) is 0 Å². The number of esters is 1. The molecule has 0 aliphatic carbocycles. The van der Waals surface area contributed by atoms with Gasteiger partial charge in [0.2, 0.25) is 0 Å². The van der Waals surface area contributed by atoms with Crippen LogP contribution in [0.3, 0.4) is 0 Å². The molecule has 156 valence electrons. The molecule has 0 spiro atoms. The second-order valence-electron chi connectivity index (χ2n) is 7.52. The largest absolute Gasteiger partial charge is 0.460 e. The number of hydrogen-bond acceptors (Lipinski definition) is 5. The third-order valence-electron chi connectivity index (χ3n) is 3.82. The van der Waals surface area contributed by atoms with E-state index in [1.807, 2.05) is 26.8 Å². The van der Waals surface area contributed by atoms with Crippen LogP contribution >= 0.6 is 11.6 Å². The number of hydrogen-bond donors (Lipinski definition) is 2. The molecule has 2 N–H and O–H groups in total. The van der Waals surface area contributed by atoms with E-state index in [2.05, 4.69) is 10.6 Å². The Bertz CT molecular complexity index is 862. The van der Waals surface area contributed by atoms with Gasteiger partial charge in [-0.05, 0) is 50.6 Å². The Balaban J connectivity index is 2.14. The molecule has 0 saturated carbocycles. The van der Waals surface area contributed by atoms with Gasteiger partial charge < -0.3 is 20.1 Å². The van der Waals surface area contributed by atoms with E-state index in [1.165, 1.54) is 0 Å². The number of anilines is 2. The van der Waals surface area contributed by atoms with E-state index < -0.39 is 5.60 Å². The number of ether oxygens (including phenoxy) is 2. The first-order chi connectivity index (χ1) is 13.7. The molecule has 6 nitrogen and oxygen atoms in total. The lowest BCUT2D eigenvalue weighted by molar-refractivity contribution is -0.153. The first kappa shape index (κ1) is 22.7. The van der Waals surface area contributed by atoms with Crippen LogP contribution in [0, 0.1) is 0 Å². The maximum Gasteiger partial charge on any atom is 0.310 e. The fourth-order valence-electron chi connectivity index (χ4n) is 2.64. The number of para-hydroxylation sites is 1. The third-order valence-corrected chi connectivity index (χ3v) is 4.03. The van der Waals surface area contributed by atoms with Gasteiger partial charge in [0, 0.05) is 35.6 Å². The van der Waals surface area contributed by atoms with Gasteiger partial charge in [0.05, 0.1) is 13.0 Å². The molecule has 2 aromatic carbocycles. The van der Waals surface area contributed by atoms with E-state index in [9.17, 15) is 9.59 Å². The predicted molar refractivity (Wildman–Crippen MR) is 116 cm³/mol. The first-order valence-electron chi connectivity index (χ1n) is 9.32. The van der Waals surface area contributed by atoms with E-state index >= 15 is 0 Å². The predicted octanol–water partition coefficient (Wildman–Crippen LogP) is 4.53. The second-order valence-corrected chi connectivity index (χ2v) is 7.96. The van der Waals surface area contributed by atoms with Crippen molar-refractivity contribution in [1.29, 1.82) is 0 Å². The minimum atomic E-state index is -0.567. The smallest absolute Gasteiger partial charge is 0.310 e. The minimum absolute atomic E-state index is 0.0626. The van der Waals surface area contributed by atoms with Crippen molar-refractivity contribution in [1.82, 2.24) is 0 Å². The number of amides is 1. The lowest BCUT2D eigenvalue weighted by Crippen LogP contribution is -2.25. The number of carbonyl (C=O) groups excluding carboxylic acids is 2. The summed E-state index contributed by atoms with van der Waals surface area (Å²) < 4.78 is 10.4. The van der Waals surface area contributed by atoms with Crippen molar-refractivity contribution >= 4 is 34.9 Å². The molecule has 0 aliphatic heterocycles. The lowest BCUT2D eigenvalue weighted by Gasteiger charge is -2.20. The van der Waals surface area contributed by atoms with Gasteiger partial charge in [0.15, 0.2) is 0 Å². The molecule has 7 heteroatoms. The molecule has 0 aliphatic rings. The van der Waals surface area contributed by atoms with Gasteiger partial charge >= 0.3 is 5.97 Å². The average molecular weight is 419 g/mol. The summed E-state index contributed by atoms with van der Waals surface area (Å²) in [6.07, 6.45) is 0.0626. The molecule has 1 amide bonds. The summed E-state index contributed by atoms with van der Waals surface area (Å²) in [5.41, 5.74) is 1.79. The summed E-state index contributed by atoms with van der Waals surface area (Å²) in [6.45, 7) is 6.57. The number of benzene rings is 2. The summed E-state index contributed by atoms with van der Waals surface area (Å²) in [6, 6.07) is 12.2. The zero-order valence-corrected chi connectivity index (χ0v) is 17.9. The number of methoxy groups -OCH3 is 1. The van der Waals surface area contributed by atoms with E-state index in [0.717, 1.165) is 5.69 Å². The second kappa shape index (κ2) is 10.3. The Labute approximate surface area is 176 Å². The van der Waals surface area contributed by atoms with E-state index in [4.69, 9.17) is 21.1 Å². The zero-order valence-electron chi connectivity index (χ0n) is 17.2. The maximum atomic E-state index is 12.8. The molecule has 29 heavy (non-hydrogen) atoms. The topological polar surface area (TPSA) is 76.7 Å². The van der Waals surface area contributed by atoms with Crippen LogP contribution in [0.5, 0.6) is 0 Å². The highest BCUT2D eigenvalue weighted by atomic mass is 35.5. The molecule has 0 radical (unpaired) electrons. The maximum absolute atomic E-state index is 12.8. The van der Waals surface area contributed by atoms with Crippen molar-refractivity contribution < 1.29 is 19.1 Å². The SMILES string of the molecule is COCCNc1cc(Cl)cc(C(=O)Nc2ccccc2CC(=O)OC(C)(C)C)c1. The number of nitrogens with one attached hydrogen (secondary N) is 2. The molecule has 0 aromatic heterocycles. The molecule has 0 unspecified atom stereocenters. The number of carbonyl (C=O) groups is 2. The van der Waals surface area contributed by atoms with E-state index in [0.29, 0.717) is 35.0 Å². The summed E-state index contributed by atoms with van der Waals surface area (Å²) in [5, 5.41) is 6.46. The van der Waals surface area contributed by atoms with Crippen molar-refractivity contribution in [2.24, 2.45) is 0 Å². The molecular formula is C22H27ClN2O4. The van der Waals surface area contributed by atoms with Crippen molar-refractivity contribution in [2.75, 3.05) is 30.9 Å². The van der Waals surface area contributed by atoms with E-state index in [-0.39, 0.29) is 18.3 Å². The molecule has 2 aromatic rings. The lowest BCUT2D eigenvalue weighted by atomic mass is 10.1. The Kier molecular flexibility index (Phi) is 8.05. The van der Waals surface area contributed by atoms with Crippen LogP contribution in [0.4, 0.5) is 11.4 Å². The van der Waals surface area contributed by atoms with Crippen molar-refractivity contribution in [2.45, 2.75) is 32.8 Å². The fraction of sp³-hybridized carbons (Fsp3) is 0.364. The van der Waals surface area contributed by atoms with Gasteiger partial charge in [-0.15, -0.1) is 0 Å². The molecule has 0 atom stereocenters. The van der Waals surface area contributed by atoms with Gasteiger partial charge in [-0.2, -0.15) is 0 Å². The van der Waals surface area contributed by atoms with Crippen molar-refractivity contribution in [3.8, 4) is 0 Å². The highest BCUT2D eigenvalue weighted by molar-refractivity contribution is 6.31. The molecule has 0 fully saturated rings. The fourth-order valence-corrected chi connectivity index (χ4v) is 2.88. The molecule has 0 bridgehead atoms. The highest BCUT2D eigenvalue weighted by Gasteiger charge is 2.18. The number of rotatable bonds is 8. The molecular weight excluding hydrogens is 392 g/mol. The van der Waals surface area contributed by atoms with Crippen molar-refractivity contribution in [3.63, 3.8) is 0 Å². The van der Waals surface area contributed by atoms with Gasteiger partial charge in [0.1, 0.15) is 5.60 Å².